The summed E-state index contributed by atoms with van der Waals surface area (Å²) in [5.41, 5.74) is 4.01. The maximum atomic E-state index is 14.6. The van der Waals surface area contributed by atoms with Crippen molar-refractivity contribution in [2.45, 2.75) is 70.4 Å². The van der Waals surface area contributed by atoms with E-state index < -0.39 is 17.1 Å². The third kappa shape index (κ3) is 6.70. The fourth-order valence-electron chi connectivity index (χ4n) is 8.08. The van der Waals surface area contributed by atoms with E-state index in [4.69, 9.17) is 0 Å². The predicted molar refractivity (Wildman–Crippen MR) is 192 cm³/mol. The molecule has 0 bridgehead atoms. The minimum Gasteiger partial charge on any atom is -0.508 e. The number of rotatable bonds is 8. The van der Waals surface area contributed by atoms with Crippen LogP contribution in [0, 0.1) is 17.6 Å². The Kier molecular flexibility index (Phi) is 8.97. The molecule has 1 N–H and O–H groups in total. The van der Waals surface area contributed by atoms with Gasteiger partial charge in [-0.15, -0.1) is 0 Å². The second-order valence-electron chi connectivity index (χ2n) is 14.1. The van der Waals surface area contributed by atoms with E-state index in [0.717, 1.165) is 80.2 Å². The Hall–Kier alpha value is -5.16. The molecule has 2 fully saturated rings. The number of hydrogen-bond acceptors (Lipinski definition) is 6. The molecule has 0 amide bonds. The molecule has 1 saturated carbocycles. The second-order valence-corrected chi connectivity index (χ2v) is 14.1. The number of fused-ring (bicyclic) bond motifs is 2. The minimum absolute atomic E-state index is 0.0563. The first-order chi connectivity index (χ1) is 24.8. The van der Waals surface area contributed by atoms with Crippen molar-refractivity contribution >= 4 is 16.7 Å². The number of halogens is 2. The summed E-state index contributed by atoms with van der Waals surface area (Å²) in [5.74, 6) is -0.367. The lowest BCUT2D eigenvalue weighted by Gasteiger charge is -2.30. The Morgan fingerprint density at radius 1 is 0.863 bits per heavy atom. The zero-order valence-corrected chi connectivity index (χ0v) is 28.3. The highest BCUT2D eigenvalue weighted by Gasteiger charge is 2.28. The molecule has 51 heavy (non-hydrogen) atoms. The number of piperidine rings is 1. The number of aryl methyl sites for hydroxylation is 1. The molecule has 11 heteroatoms. The van der Waals surface area contributed by atoms with Gasteiger partial charge in [0.25, 0.3) is 5.56 Å². The average molecular weight is 691 g/mol. The number of benzene rings is 2. The van der Waals surface area contributed by atoms with Gasteiger partial charge in [-0.25, -0.2) is 28.1 Å². The van der Waals surface area contributed by atoms with Gasteiger partial charge in [-0.05, 0) is 130 Å². The molecule has 0 unspecified atom stereocenters. The number of nitrogens with zero attached hydrogens (tertiary/aromatic N) is 6. The Balaban J connectivity index is 1.09. The normalized spacial score (nSPS) is 18.5. The summed E-state index contributed by atoms with van der Waals surface area (Å²) >= 11 is 0. The number of aromatic hydroxyl groups is 1. The van der Waals surface area contributed by atoms with Gasteiger partial charge in [0.05, 0.1) is 23.0 Å². The molecule has 1 saturated heterocycles. The molecule has 6 aromatic rings. The van der Waals surface area contributed by atoms with Crippen LogP contribution in [-0.2, 0) is 13.0 Å². The van der Waals surface area contributed by atoms with Gasteiger partial charge in [0.15, 0.2) is 5.65 Å². The van der Waals surface area contributed by atoms with E-state index in [2.05, 4.69) is 14.9 Å². The number of phenolic OH excluding ortho intramolecular Hbond substituents is 1. The Bertz CT molecular complexity index is 2350. The van der Waals surface area contributed by atoms with Crippen LogP contribution in [0.5, 0.6) is 5.75 Å². The number of aromatic nitrogens is 5. The van der Waals surface area contributed by atoms with Gasteiger partial charge in [-0.1, -0.05) is 24.6 Å². The molecule has 2 aliphatic rings. The number of phenols is 1. The third-order valence-electron chi connectivity index (χ3n) is 10.7. The van der Waals surface area contributed by atoms with E-state index in [1.165, 1.54) is 33.9 Å². The first-order valence-corrected chi connectivity index (χ1v) is 17.9. The standard InChI is InChI=1S/C40H40F2N6O3/c41-29-10-16-37-44-31(25-46(37)24-29)11-7-26-8-12-32(13-9-26)48-39(50)36-21-30(42)22-43-38(36)47(40(48)51)33-6-4-5-27(19-33)35-15-14-34(49)20-28(35)23-45-17-2-1-3-18-45/h4-6,10,14-16,19-22,24-26,32,49H,1-3,7-9,11-13,17-18,23H2. The maximum absolute atomic E-state index is 14.6. The van der Waals surface area contributed by atoms with E-state index in [-0.39, 0.29) is 28.6 Å². The zero-order chi connectivity index (χ0) is 35.1. The van der Waals surface area contributed by atoms with Gasteiger partial charge in [0, 0.05) is 25.0 Å². The van der Waals surface area contributed by atoms with Crippen molar-refractivity contribution in [1.82, 2.24) is 28.4 Å². The molecule has 0 atom stereocenters. The molecule has 0 radical (unpaired) electrons. The van der Waals surface area contributed by atoms with Gasteiger partial charge in [-0.2, -0.15) is 0 Å². The average Bonchev–Trinajstić information content (AvgIpc) is 3.54. The molecule has 2 aromatic carbocycles. The first kappa shape index (κ1) is 33.0. The van der Waals surface area contributed by atoms with Crippen LogP contribution < -0.4 is 11.2 Å². The fraction of sp³-hybridized carbons (Fsp3) is 0.350. The summed E-state index contributed by atoms with van der Waals surface area (Å²) in [7, 11) is 0. The van der Waals surface area contributed by atoms with Crippen LogP contribution >= 0.6 is 0 Å². The van der Waals surface area contributed by atoms with Crippen LogP contribution in [-0.4, -0.2) is 46.6 Å². The highest BCUT2D eigenvalue weighted by Crippen LogP contribution is 2.34. The minimum atomic E-state index is -0.644. The fourth-order valence-corrected chi connectivity index (χ4v) is 8.08. The lowest BCUT2D eigenvalue weighted by Crippen LogP contribution is -2.43. The smallest absolute Gasteiger partial charge is 0.337 e. The van der Waals surface area contributed by atoms with Crippen molar-refractivity contribution in [3.63, 3.8) is 0 Å². The van der Waals surface area contributed by atoms with E-state index >= 15 is 0 Å². The van der Waals surface area contributed by atoms with E-state index in [1.54, 1.807) is 28.7 Å². The first-order valence-electron chi connectivity index (χ1n) is 17.9. The van der Waals surface area contributed by atoms with Crippen LogP contribution in [0.3, 0.4) is 0 Å². The van der Waals surface area contributed by atoms with E-state index in [1.807, 2.05) is 30.5 Å². The molecule has 0 spiro atoms. The maximum Gasteiger partial charge on any atom is 0.337 e. The summed E-state index contributed by atoms with van der Waals surface area (Å²) in [6.07, 6.45) is 12.4. The Morgan fingerprint density at radius 2 is 1.69 bits per heavy atom. The summed E-state index contributed by atoms with van der Waals surface area (Å²) in [6, 6.07) is 16.8. The second kappa shape index (κ2) is 13.9. The zero-order valence-electron chi connectivity index (χ0n) is 28.3. The van der Waals surface area contributed by atoms with Gasteiger partial charge < -0.3 is 9.51 Å². The lowest BCUT2D eigenvalue weighted by molar-refractivity contribution is 0.221. The lowest BCUT2D eigenvalue weighted by atomic mass is 9.83. The highest BCUT2D eigenvalue weighted by atomic mass is 19.1. The van der Waals surface area contributed by atoms with Crippen molar-refractivity contribution in [2.75, 3.05) is 13.1 Å². The van der Waals surface area contributed by atoms with Gasteiger partial charge >= 0.3 is 5.69 Å². The SMILES string of the molecule is O=c1c2cc(F)cnc2n(-c2cccc(-c3ccc(O)cc3CN3CCCCC3)c2)c(=O)n1C1CCC(CCc2cn3cc(F)ccc3n2)CC1. The molecule has 1 aliphatic heterocycles. The highest BCUT2D eigenvalue weighted by molar-refractivity contribution is 5.77. The Labute approximate surface area is 293 Å². The van der Waals surface area contributed by atoms with E-state index in [9.17, 15) is 23.5 Å². The molecule has 262 valence electrons. The van der Waals surface area contributed by atoms with Crippen LogP contribution in [0.25, 0.3) is 33.5 Å². The number of likely N-dealkylation sites (tertiary alicyclic amines) is 1. The van der Waals surface area contributed by atoms with Crippen LogP contribution in [0.1, 0.15) is 68.7 Å². The number of imidazole rings is 1. The Morgan fingerprint density at radius 3 is 2.51 bits per heavy atom. The van der Waals surface area contributed by atoms with Crippen molar-refractivity contribution in [3.8, 4) is 22.6 Å². The summed E-state index contributed by atoms with van der Waals surface area (Å²) in [5, 5.41) is 10.4. The van der Waals surface area contributed by atoms with Crippen molar-refractivity contribution < 1.29 is 13.9 Å². The molecule has 5 heterocycles. The molecule has 8 rings (SSSR count). The van der Waals surface area contributed by atoms with Crippen molar-refractivity contribution in [1.29, 1.82) is 0 Å². The molecule has 1 aliphatic carbocycles. The third-order valence-corrected chi connectivity index (χ3v) is 10.7. The van der Waals surface area contributed by atoms with Gasteiger partial charge in [0.1, 0.15) is 23.0 Å². The summed E-state index contributed by atoms with van der Waals surface area (Å²) in [4.78, 5) is 39.6. The van der Waals surface area contributed by atoms with Crippen molar-refractivity contribution in [2.24, 2.45) is 5.92 Å². The number of pyridine rings is 2. The van der Waals surface area contributed by atoms with Crippen LogP contribution in [0.2, 0.25) is 0 Å². The van der Waals surface area contributed by atoms with Crippen molar-refractivity contribution in [3.05, 3.63) is 123 Å². The molecule has 4 aromatic heterocycles. The van der Waals surface area contributed by atoms with Crippen LogP contribution in [0.4, 0.5) is 8.78 Å². The molecule has 9 nitrogen and oxygen atoms in total. The summed E-state index contributed by atoms with van der Waals surface area (Å²) in [6.45, 7) is 2.71. The summed E-state index contributed by atoms with van der Waals surface area (Å²) < 4.78 is 32.7. The number of hydrogen-bond donors (Lipinski definition) is 1. The van der Waals surface area contributed by atoms with Gasteiger partial charge in [0.2, 0.25) is 0 Å². The quantitative estimate of drug-likeness (QED) is 0.182. The van der Waals surface area contributed by atoms with E-state index in [0.29, 0.717) is 36.6 Å². The molecular weight excluding hydrogens is 650 g/mol. The largest absolute Gasteiger partial charge is 0.508 e. The van der Waals surface area contributed by atoms with Gasteiger partial charge in [-0.3, -0.25) is 14.3 Å². The topological polar surface area (TPSA) is 97.7 Å². The molecular formula is C40H40F2N6O3. The predicted octanol–water partition coefficient (Wildman–Crippen LogP) is 7.20. The monoisotopic (exact) mass is 690 g/mol. The van der Waals surface area contributed by atoms with Crippen LogP contribution in [0.15, 0.2) is 88.8 Å².